The van der Waals surface area contributed by atoms with E-state index in [1.807, 2.05) is 0 Å². The Bertz CT molecular complexity index is 125. The SMILES string of the molecule is CC[Si](B[Si](Br)(Br)Br)(CC)CC. The van der Waals surface area contributed by atoms with Crippen LogP contribution in [0.1, 0.15) is 20.8 Å². The highest BCUT2D eigenvalue weighted by Crippen LogP contribution is 2.32. The number of hydrogen-bond acceptors (Lipinski definition) is 0. The second-order valence-electron chi connectivity index (χ2n) is 3.35. The highest BCUT2D eigenvalue weighted by molar-refractivity contribution is 9.74. The summed E-state index contributed by atoms with van der Waals surface area (Å²) in [5, 5.41) is 0. The molecule has 6 heteroatoms. The lowest BCUT2D eigenvalue weighted by Crippen LogP contribution is -2.47. The maximum Gasteiger partial charge on any atom is 0.229 e. The van der Waals surface area contributed by atoms with E-state index in [0.29, 0.717) is 0 Å². The van der Waals surface area contributed by atoms with Crippen LogP contribution in [0.4, 0.5) is 0 Å². The molecule has 0 rings (SSSR count). The molecule has 0 N–H and O–H groups in total. The van der Waals surface area contributed by atoms with Gasteiger partial charge in [0.2, 0.25) is 3.80 Å². The average molecular weight is 395 g/mol. The molecule has 0 aliphatic carbocycles. The van der Waals surface area contributed by atoms with Gasteiger partial charge in [-0.3, -0.25) is 0 Å². The maximum atomic E-state index is 3.74. The van der Waals surface area contributed by atoms with E-state index >= 15 is 0 Å². The van der Waals surface area contributed by atoms with Crippen molar-refractivity contribution in [1.82, 2.24) is 0 Å². The van der Waals surface area contributed by atoms with Crippen molar-refractivity contribution in [2.24, 2.45) is 0 Å². The van der Waals surface area contributed by atoms with Crippen LogP contribution >= 0.6 is 45.9 Å². The monoisotopic (exact) mass is 392 g/mol. The number of rotatable bonds is 5. The molecule has 0 aliphatic heterocycles. The van der Waals surface area contributed by atoms with Crippen LogP contribution in [0.2, 0.25) is 18.1 Å². The van der Waals surface area contributed by atoms with Gasteiger partial charge in [0.15, 0.2) is 6.46 Å². The molecule has 0 aromatic carbocycles. The van der Waals surface area contributed by atoms with E-state index in [1.165, 1.54) is 24.6 Å². The molecule has 0 saturated heterocycles. The zero-order valence-corrected chi connectivity index (χ0v) is 14.7. The first-order chi connectivity index (χ1) is 5.39. The summed E-state index contributed by atoms with van der Waals surface area (Å²) in [7, 11) is -0.932. The van der Waals surface area contributed by atoms with E-state index in [9.17, 15) is 0 Å². The molecule has 0 heterocycles. The molecule has 0 nitrogen and oxygen atoms in total. The van der Waals surface area contributed by atoms with Crippen LogP contribution in [0, 0.1) is 0 Å². The molecule has 12 heavy (non-hydrogen) atoms. The summed E-state index contributed by atoms with van der Waals surface area (Å²) in [5.41, 5.74) is 0. The molecule has 0 radical (unpaired) electrons. The molecule has 0 amide bonds. The third-order valence-corrected chi connectivity index (χ3v) is 19.5. The zero-order valence-electron chi connectivity index (χ0n) is 7.96. The minimum atomic E-state index is -1.36. The van der Waals surface area contributed by atoms with E-state index < -0.39 is 11.7 Å². The largest absolute Gasteiger partial charge is 0.229 e. The van der Waals surface area contributed by atoms with E-state index in [-0.39, 0.29) is 0 Å². The zero-order chi connectivity index (χ0) is 9.83. The van der Waals surface area contributed by atoms with Gasteiger partial charge < -0.3 is 0 Å². The second kappa shape index (κ2) is 5.73. The summed E-state index contributed by atoms with van der Waals surface area (Å²) in [6, 6.07) is 4.24. The van der Waals surface area contributed by atoms with Crippen molar-refractivity contribution in [2.45, 2.75) is 38.9 Å². The van der Waals surface area contributed by atoms with E-state index in [0.717, 1.165) is 0 Å². The Balaban J connectivity index is 4.30. The summed E-state index contributed by atoms with van der Waals surface area (Å²) < 4.78 is -1.36. The Morgan fingerprint density at radius 3 is 1.33 bits per heavy atom. The van der Waals surface area contributed by atoms with Crippen molar-refractivity contribution in [3.8, 4) is 0 Å². The van der Waals surface area contributed by atoms with Gasteiger partial charge in [0, 0.05) is 7.94 Å². The van der Waals surface area contributed by atoms with Gasteiger partial charge in [-0.15, -0.1) is 45.9 Å². The standard InChI is InChI=1S/C6H16BBr3Si2/c1-4-11(5-2,6-3)7-12(8,9)10/h7H,4-6H2,1-3H3. The highest BCUT2D eigenvalue weighted by Gasteiger charge is 2.38. The first-order valence-electron chi connectivity index (χ1n) is 4.46. The molecular weight excluding hydrogens is 379 g/mol. The molecule has 0 aromatic heterocycles. The Labute approximate surface area is 102 Å². The molecule has 0 aromatic rings. The van der Waals surface area contributed by atoms with Crippen LogP contribution in [0.3, 0.4) is 0 Å². The van der Waals surface area contributed by atoms with Crippen LogP contribution in [0.25, 0.3) is 0 Å². The fourth-order valence-corrected chi connectivity index (χ4v) is 25.5. The molecule has 0 aliphatic rings. The fourth-order valence-electron chi connectivity index (χ4n) is 1.55. The van der Waals surface area contributed by atoms with Crippen molar-refractivity contribution >= 4 is 64.1 Å². The van der Waals surface area contributed by atoms with E-state index in [4.69, 9.17) is 0 Å². The van der Waals surface area contributed by atoms with Gasteiger partial charge >= 0.3 is 0 Å². The summed E-state index contributed by atoms with van der Waals surface area (Å²) in [6.07, 6.45) is 0. The van der Waals surface area contributed by atoms with Crippen molar-refractivity contribution < 1.29 is 0 Å². The Kier molecular flexibility index (Phi) is 6.66. The molecule has 0 spiro atoms. The summed E-state index contributed by atoms with van der Waals surface area (Å²) >= 11 is 11.2. The number of halogens is 3. The first kappa shape index (κ1) is 13.9. The highest BCUT2D eigenvalue weighted by atomic mass is 80.0. The first-order valence-corrected chi connectivity index (χ1v) is 16.3. The molecule has 0 fully saturated rings. The Hall–Kier alpha value is 1.94. The lowest BCUT2D eigenvalue weighted by atomic mass is 10.7. The van der Waals surface area contributed by atoms with Gasteiger partial charge in [-0.1, -0.05) is 38.9 Å². The van der Waals surface area contributed by atoms with Crippen LogP contribution in [0.15, 0.2) is 0 Å². The van der Waals surface area contributed by atoms with Crippen LogP contribution in [-0.4, -0.2) is 18.2 Å². The lowest BCUT2D eigenvalue weighted by molar-refractivity contribution is 1.22. The summed E-state index contributed by atoms with van der Waals surface area (Å²) in [5.74, 6) is 0. The van der Waals surface area contributed by atoms with Gasteiger partial charge in [0.1, 0.15) is 0 Å². The van der Waals surface area contributed by atoms with Gasteiger partial charge in [-0.2, -0.15) is 0 Å². The topological polar surface area (TPSA) is 0 Å². The minimum absolute atomic E-state index is 0.932. The molecule has 0 saturated carbocycles. The average Bonchev–Trinajstić information content (AvgIpc) is 1.99. The third-order valence-electron chi connectivity index (χ3n) is 2.83. The molecule has 72 valence electrons. The molecule has 0 unspecified atom stereocenters. The maximum absolute atomic E-state index is 3.74. The summed E-state index contributed by atoms with van der Waals surface area (Å²) in [4.78, 5) is 0. The van der Waals surface area contributed by atoms with Crippen LogP contribution in [0.5, 0.6) is 0 Å². The molecule has 0 bridgehead atoms. The smallest absolute Gasteiger partial charge is 0.106 e. The van der Waals surface area contributed by atoms with Crippen molar-refractivity contribution in [2.75, 3.05) is 0 Å². The predicted molar refractivity (Wildman–Crippen MR) is 76.9 cm³/mol. The van der Waals surface area contributed by atoms with Crippen LogP contribution < -0.4 is 0 Å². The summed E-state index contributed by atoms with van der Waals surface area (Å²) in [6.45, 7) is 8.45. The van der Waals surface area contributed by atoms with Crippen molar-refractivity contribution in [1.29, 1.82) is 0 Å². The number of hydrogen-bond donors (Lipinski definition) is 0. The predicted octanol–water partition coefficient (Wildman–Crippen LogP) is 4.05. The van der Waals surface area contributed by atoms with Crippen LogP contribution in [-0.2, 0) is 0 Å². The normalized spacial score (nSPS) is 13.2. The molecule has 0 atom stereocenters. The van der Waals surface area contributed by atoms with Crippen molar-refractivity contribution in [3.05, 3.63) is 0 Å². The van der Waals surface area contributed by atoms with E-state index in [1.54, 1.807) is 0 Å². The van der Waals surface area contributed by atoms with Gasteiger partial charge in [0.25, 0.3) is 0 Å². The Morgan fingerprint density at radius 2 is 1.25 bits per heavy atom. The van der Waals surface area contributed by atoms with Gasteiger partial charge in [-0.25, -0.2) is 0 Å². The van der Waals surface area contributed by atoms with Gasteiger partial charge in [0.05, 0.1) is 0 Å². The second-order valence-corrected chi connectivity index (χ2v) is 32.9. The quantitative estimate of drug-likeness (QED) is 0.487. The Morgan fingerprint density at radius 1 is 0.917 bits per heavy atom. The lowest BCUT2D eigenvalue weighted by Gasteiger charge is -2.29. The minimum Gasteiger partial charge on any atom is -0.106 e. The third kappa shape index (κ3) is 4.98. The van der Waals surface area contributed by atoms with Crippen molar-refractivity contribution in [3.63, 3.8) is 0 Å². The fraction of sp³-hybridized carbons (Fsp3) is 1.00. The van der Waals surface area contributed by atoms with Gasteiger partial charge in [-0.05, 0) is 0 Å². The molecular formula is C6H16BBr3Si2. The van der Waals surface area contributed by atoms with E-state index in [2.05, 4.69) is 66.6 Å².